The average molecular weight is 717 g/mol. The molecule has 0 spiro atoms. The Hall–Kier alpha value is -6.13. The summed E-state index contributed by atoms with van der Waals surface area (Å²) in [6.45, 7) is 6.83. The van der Waals surface area contributed by atoms with Crippen LogP contribution in [0.25, 0.3) is 0 Å². The van der Waals surface area contributed by atoms with Gasteiger partial charge in [-0.25, -0.2) is 43.1 Å². The lowest BCUT2D eigenvalue weighted by molar-refractivity contribution is 0.0585. The van der Waals surface area contributed by atoms with Gasteiger partial charge in [-0.15, -0.1) is 0 Å². The number of aryl methyl sites for hydroxylation is 2. The highest BCUT2D eigenvalue weighted by molar-refractivity contribution is 6.04. The van der Waals surface area contributed by atoms with Crippen LogP contribution in [-0.4, -0.2) is 90.4 Å². The van der Waals surface area contributed by atoms with E-state index in [0.717, 1.165) is 62.1 Å². The molecule has 17 heteroatoms. The molecule has 0 aliphatic carbocycles. The van der Waals surface area contributed by atoms with Gasteiger partial charge < -0.3 is 30.3 Å². The Labute approximate surface area is 298 Å². The first-order valence-corrected chi connectivity index (χ1v) is 16.5. The highest BCUT2D eigenvalue weighted by atomic mass is 19.1. The van der Waals surface area contributed by atoms with Crippen molar-refractivity contribution >= 4 is 52.6 Å². The van der Waals surface area contributed by atoms with Gasteiger partial charge in [0.05, 0.1) is 44.0 Å². The van der Waals surface area contributed by atoms with Crippen molar-refractivity contribution in [2.24, 2.45) is 0 Å². The third-order valence-electron chi connectivity index (χ3n) is 9.05. The predicted octanol–water partition coefficient (Wildman–Crippen LogP) is 4.33. The Morgan fingerprint density at radius 1 is 0.846 bits per heavy atom. The number of urea groups is 1. The van der Waals surface area contributed by atoms with E-state index in [1.165, 1.54) is 26.4 Å². The fraction of sp³-hybridized carbons (Fsp3) is 0.343. The first-order valence-electron chi connectivity index (χ1n) is 16.5. The minimum absolute atomic E-state index is 0.0700. The second-order valence-corrected chi connectivity index (χ2v) is 12.5. The highest BCUT2D eigenvalue weighted by Gasteiger charge is 2.41. The van der Waals surface area contributed by atoms with E-state index in [1.807, 2.05) is 6.07 Å². The van der Waals surface area contributed by atoms with Crippen molar-refractivity contribution < 1.29 is 32.6 Å². The Morgan fingerprint density at radius 2 is 1.46 bits per heavy atom. The summed E-state index contributed by atoms with van der Waals surface area (Å²) in [6, 6.07) is 9.95. The minimum Gasteiger partial charge on any atom is -0.464 e. The van der Waals surface area contributed by atoms with Crippen LogP contribution in [-0.2, 0) is 9.47 Å². The van der Waals surface area contributed by atoms with Crippen molar-refractivity contribution in [3.8, 4) is 0 Å². The molecule has 2 saturated heterocycles. The monoisotopic (exact) mass is 716 g/mol. The topological polar surface area (TPSA) is 181 Å². The number of rotatable bonds is 3. The fourth-order valence-electron chi connectivity index (χ4n) is 6.35. The van der Waals surface area contributed by atoms with Crippen LogP contribution in [0.4, 0.5) is 48.2 Å². The summed E-state index contributed by atoms with van der Waals surface area (Å²) in [5.74, 6) is 0.106. The molecule has 8 rings (SSSR count). The number of aromatic nitrogens is 4. The fourth-order valence-corrected chi connectivity index (χ4v) is 6.35. The number of carbonyl (C=O) groups excluding carboxylic acids is 3. The lowest BCUT2D eigenvalue weighted by Gasteiger charge is -2.35. The molecule has 4 aliphatic rings. The molecule has 272 valence electrons. The van der Waals surface area contributed by atoms with Gasteiger partial charge in [0.15, 0.2) is 23.0 Å². The average Bonchev–Trinajstić information content (AvgIpc) is 3.75. The maximum absolute atomic E-state index is 13.4. The summed E-state index contributed by atoms with van der Waals surface area (Å²) in [4.78, 5) is 58.3. The number of nitrogens with zero attached hydrogens (tertiary/aromatic N) is 7. The smallest absolute Gasteiger partial charge is 0.356 e. The zero-order valence-corrected chi connectivity index (χ0v) is 29.0. The number of nitrogens with one attached hydrogen (secondary N) is 2. The Morgan fingerprint density at radius 3 is 2.12 bits per heavy atom. The van der Waals surface area contributed by atoms with Crippen LogP contribution in [0.1, 0.15) is 44.9 Å². The zero-order valence-electron chi connectivity index (χ0n) is 29.0. The van der Waals surface area contributed by atoms with Gasteiger partial charge in [-0.2, -0.15) is 0 Å². The van der Waals surface area contributed by atoms with Crippen molar-refractivity contribution in [1.82, 2.24) is 19.9 Å². The lowest BCUT2D eigenvalue weighted by Crippen LogP contribution is -2.48. The van der Waals surface area contributed by atoms with Crippen molar-refractivity contribution in [2.75, 3.05) is 71.5 Å². The molecule has 0 radical (unpaired) electrons. The first-order chi connectivity index (χ1) is 24.9. The number of pyridine rings is 4. The molecule has 0 saturated carbocycles. The van der Waals surface area contributed by atoms with Crippen LogP contribution >= 0.6 is 0 Å². The number of hydrogen-bond donors (Lipinski definition) is 3. The molecule has 0 aromatic carbocycles. The zero-order chi connectivity index (χ0) is 37.1. The van der Waals surface area contributed by atoms with Crippen LogP contribution < -0.4 is 31.1 Å². The molecular weight excluding hydrogens is 678 g/mol. The van der Waals surface area contributed by atoms with Gasteiger partial charge in [0.25, 0.3) is 0 Å². The summed E-state index contributed by atoms with van der Waals surface area (Å²) < 4.78 is 35.2. The molecule has 0 unspecified atom stereocenters. The van der Waals surface area contributed by atoms with Gasteiger partial charge >= 0.3 is 18.0 Å². The number of nitrogens with two attached hydrogens (primary N) is 1. The SMILES string of the molecule is COC(=O)c1ccc2c(n1)N(C(=O)Nc1cc(C)c(F)cn1)[C@H]1CCN2C1.COC(=O)c1ccc2c(n1)N[C@H]1CCN2C1.Cc1cc(N)ncc1F. The van der Waals surface area contributed by atoms with Crippen LogP contribution in [0.15, 0.2) is 48.8 Å². The van der Waals surface area contributed by atoms with Gasteiger partial charge in [-0.1, -0.05) is 0 Å². The van der Waals surface area contributed by atoms with Crippen LogP contribution in [0.2, 0.25) is 0 Å². The van der Waals surface area contributed by atoms with Gasteiger partial charge in [-0.05, 0) is 74.2 Å². The molecule has 2 atom stereocenters. The summed E-state index contributed by atoms with van der Waals surface area (Å²) >= 11 is 0. The van der Waals surface area contributed by atoms with E-state index >= 15 is 0 Å². The number of anilines is 6. The van der Waals surface area contributed by atoms with Gasteiger partial charge in [0.2, 0.25) is 0 Å². The quantitative estimate of drug-likeness (QED) is 0.255. The van der Waals surface area contributed by atoms with Crippen LogP contribution in [0, 0.1) is 25.5 Å². The number of hydrogen-bond acceptors (Lipinski definition) is 13. The number of nitrogen functional groups attached to an aromatic ring is 1. The molecule has 2 fully saturated rings. The van der Waals surface area contributed by atoms with Gasteiger partial charge in [0.1, 0.15) is 23.3 Å². The van der Waals surface area contributed by atoms with Gasteiger partial charge in [0, 0.05) is 32.2 Å². The maximum atomic E-state index is 13.4. The summed E-state index contributed by atoms with van der Waals surface area (Å²) in [5.41, 5.74) is 8.53. The Bertz CT molecular complexity index is 2020. The normalized spacial score (nSPS) is 17.3. The van der Waals surface area contributed by atoms with E-state index in [9.17, 15) is 23.2 Å². The molecule has 52 heavy (non-hydrogen) atoms. The Balaban J connectivity index is 0.000000155. The summed E-state index contributed by atoms with van der Waals surface area (Å²) in [5, 5.41) is 6.05. The standard InChI is InChI=1S/C18H18FN5O3.C11H13N3O2.C6H7FN2/c1-10-7-15(20-8-12(10)19)22-18(26)24-11-5-6-23(9-11)14-4-3-13(17(25)27-2)21-16(14)24;1-16-11(15)8-2-3-9-10(13-8)12-7-4-5-14(9)6-7;1-4-2-6(8)9-3-5(4)7/h3-4,7-8,11H,5-6,9H2,1-2H3,(H,20,22,26);2-3,7H,4-6H2,1H3,(H,12,13);2-3H,1H3,(H2,8,9)/t11-;7-;/m00./s1. The molecule has 4 bridgehead atoms. The van der Waals surface area contributed by atoms with Crippen molar-refractivity contribution in [3.05, 3.63) is 82.9 Å². The molecule has 8 heterocycles. The molecule has 15 nitrogen and oxygen atoms in total. The lowest BCUT2D eigenvalue weighted by atomic mass is 10.2. The predicted molar refractivity (Wildman–Crippen MR) is 190 cm³/mol. The molecule has 2 amide bonds. The van der Waals surface area contributed by atoms with Crippen molar-refractivity contribution in [2.45, 2.75) is 38.8 Å². The van der Waals surface area contributed by atoms with Crippen molar-refractivity contribution in [1.29, 1.82) is 0 Å². The maximum Gasteiger partial charge on any atom is 0.356 e. The number of carbonyl (C=O) groups is 3. The van der Waals surface area contributed by atoms with E-state index in [2.05, 4.69) is 45.1 Å². The number of fused-ring (bicyclic) bond motifs is 8. The van der Waals surface area contributed by atoms with E-state index in [4.69, 9.17) is 10.5 Å². The second-order valence-electron chi connectivity index (χ2n) is 12.5. The number of esters is 2. The molecule has 4 aromatic rings. The molecule has 4 N–H and O–H groups in total. The third kappa shape index (κ3) is 7.47. The van der Waals surface area contributed by atoms with E-state index in [0.29, 0.717) is 41.0 Å². The Kier molecular flexibility index (Phi) is 10.3. The molecular formula is C35H38F2N10O5. The van der Waals surface area contributed by atoms with E-state index in [-0.39, 0.29) is 23.4 Å². The summed E-state index contributed by atoms with van der Waals surface area (Å²) in [6.07, 6.45) is 4.10. The second kappa shape index (κ2) is 15.0. The van der Waals surface area contributed by atoms with Crippen molar-refractivity contribution in [3.63, 3.8) is 0 Å². The van der Waals surface area contributed by atoms with Gasteiger partial charge in [-0.3, -0.25) is 10.2 Å². The van der Waals surface area contributed by atoms with E-state index in [1.54, 1.807) is 36.9 Å². The summed E-state index contributed by atoms with van der Waals surface area (Å²) in [7, 11) is 2.65. The third-order valence-corrected chi connectivity index (χ3v) is 9.05. The highest BCUT2D eigenvalue weighted by Crippen LogP contribution is 2.39. The molecule has 4 aromatic heterocycles. The number of amides is 2. The number of methoxy groups -OCH3 is 2. The number of ether oxygens (including phenoxy) is 2. The molecule has 4 aliphatic heterocycles. The van der Waals surface area contributed by atoms with Crippen LogP contribution in [0.5, 0.6) is 0 Å². The number of halogens is 2. The van der Waals surface area contributed by atoms with E-state index < -0.39 is 23.8 Å². The first kappa shape index (κ1) is 35.7. The van der Waals surface area contributed by atoms with Crippen LogP contribution in [0.3, 0.4) is 0 Å². The largest absolute Gasteiger partial charge is 0.464 e. The minimum atomic E-state index is -0.568.